The third-order valence-electron chi connectivity index (χ3n) is 4.25. The monoisotopic (exact) mass is 262 g/mol. The molecule has 0 bridgehead atoms. The van der Waals surface area contributed by atoms with Crippen LogP contribution < -0.4 is 11.1 Å². The molecule has 106 valence electrons. The summed E-state index contributed by atoms with van der Waals surface area (Å²) in [6, 6.07) is 6.65. The lowest BCUT2D eigenvalue weighted by Crippen LogP contribution is -2.43. The molecule has 1 heterocycles. The number of nitrogen functional groups attached to an aromatic ring is 1. The highest BCUT2D eigenvalue weighted by Crippen LogP contribution is 2.33. The van der Waals surface area contributed by atoms with Crippen LogP contribution in [-0.2, 0) is 4.74 Å². The van der Waals surface area contributed by atoms with Gasteiger partial charge in [-0.2, -0.15) is 0 Å². The first kappa shape index (κ1) is 14.2. The third-order valence-corrected chi connectivity index (χ3v) is 4.25. The minimum absolute atomic E-state index is 0.0608. The van der Waals surface area contributed by atoms with Gasteiger partial charge in [0.05, 0.1) is 5.60 Å². The summed E-state index contributed by atoms with van der Waals surface area (Å²) in [6.45, 7) is 7.36. The molecule has 0 radical (unpaired) electrons. The number of ether oxygens (including phenoxy) is 1. The molecule has 0 saturated carbocycles. The SMILES string of the molecule is CCC1(CC)CC(Nc2cc(C)cc(N)c2)CCO1. The molecule has 1 atom stereocenters. The summed E-state index contributed by atoms with van der Waals surface area (Å²) in [5.41, 5.74) is 9.12. The number of hydrogen-bond acceptors (Lipinski definition) is 3. The van der Waals surface area contributed by atoms with Crippen molar-refractivity contribution >= 4 is 11.4 Å². The van der Waals surface area contributed by atoms with Crippen LogP contribution in [0.2, 0.25) is 0 Å². The second-order valence-electron chi connectivity index (χ2n) is 5.71. The van der Waals surface area contributed by atoms with Crippen LogP contribution in [0.15, 0.2) is 18.2 Å². The molecule has 3 heteroatoms. The Bertz CT molecular complexity index is 407. The van der Waals surface area contributed by atoms with Crippen LogP contribution in [0, 0.1) is 6.92 Å². The van der Waals surface area contributed by atoms with E-state index in [4.69, 9.17) is 10.5 Å². The first-order chi connectivity index (χ1) is 9.07. The summed E-state index contributed by atoms with van der Waals surface area (Å²) in [7, 11) is 0. The van der Waals surface area contributed by atoms with E-state index in [1.54, 1.807) is 0 Å². The highest BCUT2D eigenvalue weighted by molar-refractivity contribution is 5.57. The Kier molecular flexibility index (Phi) is 4.35. The van der Waals surface area contributed by atoms with Crippen molar-refractivity contribution in [1.82, 2.24) is 0 Å². The van der Waals surface area contributed by atoms with E-state index in [9.17, 15) is 0 Å². The van der Waals surface area contributed by atoms with Gasteiger partial charge in [0.1, 0.15) is 0 Å². The smallest absolute Gasteiger partial charge is 0.0696 e. The highest BCUT2D eigenvalue weighted by Gasteiger charge is 2.34. The molecule has 1 aliphatic rings. The van der Waals surface area contributed by atoms with Crippen LogP contribution in [0.5, 0.6) is 0 Å². The van der Waals surface area contributed by atoms with E-state index >= 15 is 0 Å². The quantitative estimate of drug-likeness (QED) is 0.813. The van der Waals surface area contributed by atoms with Crippen LogP contribution in [0.4, 0.5) is 11.4 Å². The average molecular weight is 262 g/mol. The largest absolute Gasteiger partial charge is 0.399 e. The lowest BCUT2D eigenvalue weighted by atomic mass is 9.86. The zero-order valence-corrected chi connectivity index (χ0v) is 12.3. The minimum Gasteiger partial charge on any atom is -0.399 e. The molecule has 3 N–H and O–H groups in total. The predicted molar refractivity (Wildman–Crippen MR) is 81.5 cm³/mol. The number of nitrogens with two attached hydrogens (primary N) is 1. The number of rotatable bonds is 4. The standard InChI is InChI=1S/C16H26N2O/c1-4-16(5-2)11-14(6-7-19-16)18-15-9-12(3)8-13(17)10-15/h8-10,14,18H,4-7,11,17H2,1-3H3. The topological polar surface area (TPSA) is 47.3 Å². The van der Waals surface area contributed by atoms with Gasteiger partial charge in [0.2, 0.25) is 0 Å². The molecular weight excluding hydrogens is 236 g/mol. The summed E-state index contributed by atoms with van der Waals surface area (Å²) in [5.74, 6) is 0. The third kappa shape index (κ3) is 3.41. The normalized spacial score (nSPS) is 22.2. The lowest BCUT2D eigenvalue weighted by molar-refractivity contribution is -0.0864. The van der Waals surface area contributed by atoms with Crippen molar-refractivity contribution in [2.75, 3.05) is 17.7 Å². The van der Waals surface area contributed by atoms with Gasteiger partial charge in [-0.15, -0.1) is 0 Å². The summed E-state index contributed by atoms with van der Waals surface area (Å²) >= 11 is 0. The molecular formula is C16H26N2O. The molecule has 2 rings (SSSR count). The van der Waals surface area contributed by atoms with Crippen molar-refractivity contribution in [1.29, 1.82) is 0 Å². The number of hydrogen-bond donors (Lipinski definition) is 2. The van der Waals surface area contributed by atoms with Gasteiger partial charge in [0.25, 0.3) is 0 Å². The molecule has 1 aliphatic heterocycles. The first-order valence-corrected chi connectivity index (χ1v) is 7.34. The predicted octanol–water partition coefficient (Wildman–Crippen LogP) is 3.73. The molecule has 1 fully saturated rings. The van der Waals surface area contributed by atoms with E-state index in [-0.39, 0.29) is 5.60 Å². The van der Waals surface area contributed by atoms with E-state index in [1.165, 1.54) is 5.56 Å². The maximum Gasteiger partial charge on any atom is 0.0696 e. The summed E-state index contributed by atoms with van der Waals surface area (Å²) in [4.78, 5) is 0. The number of benzene rings is 1. The van der Waals surface area contributed by atoms with Crippen molar-refractivity contribution in [3.05, 3.63) is 23.8 Å². The summed E-state index contributed by atoms with van der Waals surface area (Å²) in [5, 5.41) is 3.63. The second kappa shape index (κ2) is 5.83. The zero-order chi connectivity index (χ0) is 13.9. The first-order valence-electron chi connectivity index (χ1n) is 7.34. The number of anilines is 2. The molecule has 0 amide bonds. The Morgan fingerprint density at radius 2 is 2.05 bits per heavy atom. The minimum atomic E-state index is 0.0608. The molecule has 1 aromatic rings. The van der Waals surface area contributed by atoms with Crippen molar-refractivity contribution < 1.29 is 4.74 Å². The van der Waals surface area contributed by atoms with Crippen LogP contribution >= 0.6 is 0 Å². The van der Waals surface area contributed by atoms with Gasteiger partial charge in [-0.25, -0.2) is 0 Å². The highest BCUT2D eigenvalue weighted by atomic mass is 16.5. The maximum absolute atomic E-state index is 6.01. The van der Waals surface area contributed by atoms with E-state index < -0.39 is 0 Å². The van der Waals surface area contributed by atoms with Gasteiger partial charge in [0.15, 0.2) is 0 Å². The second-order valence-corrected chi connectivity index (χ2v) is 5.71. The van der Waals surface area contributed by atoms with Gasteiger partial charge in [-0.1, -0.05) is 13.8 Å². The van der Waals surface area contributed by atoms with Crippen LogP contribution in [0.1, 0.15) is 45.1 Å². The van der Waals surface area contributed by atoms with Crippen molar-refractivity contribution in [2.45, 2.75) is 58.1 Å². The fourth-order valence-corrected chi connectivity index (χ4v) is 3.03. The Balaban J connectivity index is 2.06. The fourth-order valence-electron chi connectivity index (χ4n) is 3.03. The van der Waals surface area contributed by atoms with E-state index in [1.807, 2.05) is 12.1 Å². The molecule has 0 spiro atoms. The average Bonchev–Trinajstić information content (AvgIpc) is 2.37. The lowest BCUT2D eigenvalue weighted by Gasteiger charge is -2.40. The summed E-state index contributed by atoms with van der Waals surface area (Å²) in [6.07, 6.45) is 4.30. The van der Waals surface area contributed by atoms with Gasteiger partial charge in [-0.3, -0.25) is 0 Å². The van der Waals surface area contributed by atoms with Crippen LogP contribution in [0.25, 0.3) is 0 Å². The van der Waals surface area contributed by atoms with Crippen molar-refractivity contribution in [2.24, 2.45) is 0 Å². The van der Waals surface area contributed by atoms with Crippen molar-refractivity contribution in [3.63, 3.8) is 0 Å². The van der Waals surface area contributed by atoms with Gasteiger partial charge in [-0.05, 0) is 56.4 Å². The summed E-state index contributed by atoms with van der Waals surface area (Å²) < 4.78 is 6.01. The van der Waals surface area contributed by atoms with Gasteiger partial charge in [0, 0.05) is 24.0 Å². The molecule has 0 aromatic heterocycles. The molecule has 3 nitrogen and oxygen atoms in total. The van der Waals surface area contributed by atoms with Gasteiger partial charge >= 0.3 is 0 Å². The number of aryl methyl sites for hydroxylation is 1. The maximum atomic E-state index is 6.01. The molecule has 19 heavy (non-hydrogen) atoms. The van der Waals surface area contributed by atoms with Crippen molar-refractivity contribution in [3.8, 4) is 0 Å². The molecule has 0 aliphatic carbocycles. The molecule has 1 saturated heterocycles. The van der Waals surface area contributed by atoms with Crippen LogP contribution in [0.3, 0.4) is 0 Å². The zero-order valence-electron chi connectivity index (χ0n) is 12.3. The van der Waals surface area contributed by atoms with E-state index in [2.05, 4.69) is 32.2 Å². The Morgan fingerprint density at radius 3 is 2.68 bits per heavy atom. The Morgan fingerprint density at radius 1 is 1.32 bits per heavy atom. The molecule has 1 unspecified atom stereocenters. The van der Waals surface area contributed by atoms with Gasteiger partial charge < -0.3 is 15.8 Å². The van der Waals surface area contributed by atoms with E-state index in [0.29, 0.717) is 6.04 Å². The Hall–Kier alpha value is -1.22. The Labute approximate surface area is 116 Å². The number of nitrogens with one attached hydrogen (secondary N) is 1. The fraction of sp³-hybridized carbons (Fsp3) is 0.625. The van der Waals surface area contributed by atoms with E-state index in [0.717, 1.165) is 43.7 Å². The molecule has 1 aromatic carbocycles. The van der Waals surface area contributed by atoms with Crippen LogP contribution in [-0.4, -0.2) is 18.2 Å².